The van der Waals surface area contributed by atoms with Crippen molar-refractivity contribution in [3.8, 4) is 0 Å². The van der Waals surface area contributed by atoms with Crippen molar-refractivity contribution < 1.29 is 14.3 Å². The summed E-state index contributed by atoms with van der Waals surface area (Å²) in [5, 5.41) is 1.32. The molecule has 1 aromatic heterocycles. The van der Waals surface area contributed by atoms with Crippen molar-refractivity contribution >= 4 is 34.7 Å². The number of Topliss-reactive ketones (excluding diaryl/α,β-unsaturated/α-hetero) is 1. The molecule has 1 heterocycles. The molecule has 20 heavy (non-hydrogen) atoms. The molecule has 0 aliphatic heterocycles. The Morgan fingerprint density at radius 3 is 2.75 bits per heavy atom. The predicted molar refractivity (Wildman–Crippen MR) is 77.7 cm³/mol. The molecule has 0 aliphatic carbocycles. The summed E-state index contributed by atoms with van der Waals surface area (Å²) in [5.74, 6) is -0.788. The van der Waals surface area contributed by atoms with Gasteiger partial charge in [-0.3, -0.25) is 4.79 Å². The minimum absolute atomic E-state index is 0.0852. The molecule has 104 valence electrons. The average molecular weight is 310 g/mol. The van der Waals surface area contributed by atoms with Crippen LogP contribution in [-0.4, -0.2) is 23.8 Å². The number of methoxy groups -OCH3 is 1. The Labute approximate surface area is 125 Å². The number of carbonyl (C=O) groups excluding carboxylic acids is 2. The molecule has 0 saturated heterocycles. The van der Waals surface area contributed by atoms with Crippen LogP contribution in [0.5, 0.6) is 0 Å². The first kappa shape index (κ1) is 14.7. The lowest BCUT2D eigenvalue weighted by Crippen LogP contribution is -2.07. The van der Waals surface area contributed by atoms with E-state index in [1.54, 1.807) is 6.07 Å². The number of rotatable bonds is 4. The van der Waals surface area contributed by atoms with Crippen LogP contribution in [-0.2, 0) is 11.2 Å². The number of hydrogen-bond acceptors (Lipinski definition) is 5. The second-order valence-electron chi connectivity index (χ2n) is 4.14. The number of halogens is 1. The van der Waals surface area contributed by atoms with Crippen molar-refractivity contribution in [1.82, 2.24) is 4.98 Å². The first-order valence-corrected chi connectivity index (χ1v) is 7.04. The van der Waals surface area contributed by atoms with Gasteiger partial charge in [0.25, 0.3) is 0 Å². The number of benzene rings is 1. The molecular weight excluding hydrogens is 298 g/mol. The summed E-state index contributed by atoms with van der Waals surface area (Å²) in [4.78, 5) is 27.7. The van der Waals surface area contributed by atoms with Crippen LogP contribution < -0.4 is 0 Å². The topological polar surface area (TPSA) is 56.3 Å². The van der Waals surface area contributed by atoms with E-state index < -0.39 is 5.97 Å². The maximum Gasteiger partial charge on any atom is 0.358 e. The molecule has 1 aromatic carbocycles. The predicted octanol–water partition coefficient (Wildman–Crippen LogP) is 3.38. The van der Waals surface area contributed by atoms with Crippen molar-refractivity contribution in [1.29, 1.82) is 0 Å². The van der Waals surface area contributed by atoms with Crippen molar-refractivity contribution in [3.05, 3.63) is 50.4 Å². The molecule has 2 aromatic rings. The van der Waals surface area contributed by atoms with E-state index in [1.165, 1.54) is 25.4 Å². The summed E-state index contributed by atoms with van der Waals surface area (Å²) >= 11 is 7.13. The Bertz CT molecular complexity index is 666. The highest BCUT2D eigenvalue weighted by Crippen LogP contribution is 2.23. The highest BCUT2D eigenvalue weighted by atomic mass is 35.5. The second kappa shape index (κ2) is 6.15. The zero-order valence-corrected chi connectivity index (χ0v) is 12.5. The molecule has 2 rings (SSSR count). The number of ketones is 1. The van der Waals surface area contributed by atoms with Gasteiger partial charge in [0.15, 0.2) is 11.5 Å². The Hall–Kier alpha value is -1.72. The second-order valence-corrected chi connectivity index (χ2v) is 5.66. The molecule has 0 fully saturated rings. The molecule has 0 spiro atoms. The minimum atomic E-state index is -0.594. The quantitative estimate of drug-likeness (QED) is 0.642. The molecular formula is C14H12ClNO3S. The molecule has 0 atom stereocenters. The Morgan fingerprint density at radius 1 is 1.40 bits per heavy atom. The number of ether oxygens (including phenoxy) is 1. The maximum atomic E-state index is 11.6. The van der Waals surface area contributed by atoms with Crippen molar-refractivity contribution in [2.75, 3.05) is 7.11 Å². The molecule has 0 amide bonds. The number of nitrogens with zero attached hydrogens (tertiary/aromatic N) is 1. The molecule has 0 saturated carbocycles. The zero-order valence-electron chi connectivity index (χ0n) is 11.0. The third-order valence-electron chi connectivity index (χ3n) is 2.61. The van der Waals surface area contributed by atoms with E-state index >= 15 is 0 Å². The number of aromatic nitrogens is 1. The fourth-order valence-corrected chi connectivity index (χ4v) is 2.93. The smallest absolute Gasteiger partial charge is 0.358 e. The summed E-state index contributed by atoms with van der Waals surface area (Å²) in [7, 11) is 1.27. The van der Waals surface area contributed by atoms with E-state index in [-0.39, 0.29) is 11.5 Å². The first-order chi connectivity index (χ1) is 9.51. The van der Waals surface area contributed by atoms with Gasteiger partial charge in [0.05, 0.1) is 12.1 Å². The lowest BCUT2D eigenvalue weighted by molar-refractivity contribution is 0.0591. The summed E-state index contributed by atoms with van der Waals surface area (Å²) in [5.41, 5.74) is 1.06. The molecule has 6 heteroatoms. The Kier molecular flexibility index (Phi) is 4.52. The van der Waals surface area contributed by atoms with Gasteiger partial charge in [-0.05, 0) is 17.7 Å². The fourth-order valence-electron chi connectivity index (χ4n) is 1.74. The van der Waals surface area contributed by atoms with E-state index in [9.17, 15) is 9.59 Å². The van der Waals surface area contributed by atoms with Gasteiger partial charge >= 0.3 is 5.97 Å². The van der Waals surface area contributed by atoms with Crippen LogP contribution in [0.3, 0.4) is 0 Å². The highest BCUT2D eigenvalue weighted by molar-refractivity contribution is 7.14. The van der Waals surface area contributed by atoms with Gasteiger partial charge in [-0.1, -0.05) is 23.7 Å². The van der Waals surface area contributed by atoms with Gasteiger partial charge in [-0.25, -0.2) is 9.78 Å². The third-order valence-corrected chi connectivity index (χ3v) is 4.01. The average Bonchev–Trinajstić information content (AvgIpc) is 2.82. The van der Waals surface area contributed by atoms with E-state index in [0.29, 0.717) is 21.3 Å². The Balaban J connectivity index is 2.34. The van der Waals surface area contributed by atoms with E-state index in [1.807, 2.05) is 18.2 Å². The number of hydrogen-bond donors (Lipinski definition) is 0. The van der Waals surface area contributed by atoms with E-state index in [4.69, 9.17) is 11.6 Å². The maximum absolute atomic E-state index is 11.6. The fraction of sp³-hybridized carbons (Fsp3) is 0.214. The van der Waals surface area contributed by atoms with Gasteiger partial charge in [0.2, 0.25) is 0 Å². The zero-order chi connectivity index (χ0) is 14.7. The SMILES string of the molecule is COC(=O)c1nc(Cc2cccc(Cl)c2)sc1C(C)=O. The van der Waals surface area contributed by atoms with Gasteiger partial charge in [0.1, 0.15) is 4.88 Å². The van der Waals surface area contributed by atoms with Gasteiger partial charge in [0, 0.05) is 18.4 Å². The van der Waals surface area contributed by atoms with Gasteiger partial charge < -0.3 is 4.74 Å². The summed E-state index contributed by atoms with van der Waals surface area (Å²) in [6.45, 7) is 1.41. The monoisotopic (exact) mass is 309 g/mol. The van der Waals surface area contributed by atoms with Gasteiger partial charge in [-0.15, -0.1) is 11.3 Å². The molecule has 0 aliphatic rings. The van der Waals surface area contributed by atoms with Crippen LogP contribution in [0.1, 0.15) is 37.7 Å². The van der Waals surface area contributed by atoms with Crippen molar-refractivity contribution in [3.63, 3.8) is 0 Å². The lowest BCUT2D eigenvalue weighted by Gasteiger charge is -1.98. The largest absolute Gasteiger partial charge is 0.464 e. The van der Waals surface area contributed by atoms with Crippen LogP contribution in [0, 0.1) is 0 Å². The number of esters is 1. The summed E-state index contributed by atoms with van der Waals surface area (Å²) in [6, 6.07) is 7.37. The summed E-state index contributed by atoms with van der Waals surface area (Å²) < 4.78 is 4.64. The minimum Gasteiger partial charge on any atom is -0.464 e. The molecule has 4 nitrogen and oxygen atoms in total. The third kappa shape index (κ3) is 3.23. The van der Waals surface area contributed by atoms with Crippen LogP contribution in [0.2, 0.25) is 5.02 Å². The van der Waals surface area contributed by atoms with E-state index in [2.05, 4.69) is 9.72 Å². The molecule has 0 bridgehead atoms. The number of carbonyl (C=O) groups is 2. The van der Waals surface area contributed by atoms with Crippen molar-refractivity contribution in [2.24, 2.45) is 0 Å². The number of thiazole rings is 1. The molecule has 0 unspecified atom stereocenters. The van der Waals surface area contributed by atoms with Crippen LogP contribution in [0.4, 0.5) is 0 Å². The Morgan fingerprint density at radius 2 is 2.15 bits per heavy atom. The van der Waals surface area contributed by atoms with Crippen LogP contribution in [0.15, 0.2) is 24.3 Å². The highest BCUT2D eigenvalue weighted by Gasteiger charge is 2.21. The van der Waals surface area contributed by atoms with Crippen molar-refractivity contribution in [2.45, 2.75) is 13.3 Å². The molecule has 0 radical (unpaired) electrons. The van der Waals surface area contributed by atoms with Crippen LogP contribution >= 0.6 is 22.9 Å². The summed E-state index contributed by atoms with van der Waals surface area (Å²) in [6.07, 6.45) is 0.516. The van der Waals surface area contributed by atoms with Gasteiger partial charge in [-0.2, -0.15) is 0 Å². The standard InChI is InChI=1S/C14H12ClNO3S/c1-8(17)13-12(14(18)19-2)16-11(20-13)7-9-4-3-5-10(15)6-9/h3-6H,7H2,1-2H3. The van der Waals surface area contributed by atoms with Crippen LogP contribution in [0.25, 0.3) is 0 Å². The lowest BCUT2D eigenvalue weighted by atomic mass is 10.2. The van der Waals surface area contributed by atoms with E-state index in [0.717, 1.165) is 5.56 Å². The first-order valence-electron chi connectivity index (χ1n) is 5.84. The molecule has 0 N–H and O–H groups in total. The normalized spacial score (nSPS) is 10.3.